The lowest BCUT2D eigenvalue weighted by Crippen LogP contribution is -2.40. The summed E-state index contributed by atoms with van der Waals surface area (Å²) in [5, 5.41) is 2.59. The molecule has 0 aromatic heterocycles. The second kappa shape index (κ2) is 7.87. The van der Waals surface area contributed by atoms with Crippen LogP contribution in [0.1, 0.15) is 39.0 Å². The number of likely N-dealkylation sites (N-methyl/N-ethyl adjacent to an activating group) is 1. The van der Waals surface area contributed by atoms with E-state index in [0.717, 1.165) is 25.7 Å². The molecule has 1 aliphatic rings. The number of carbonyl (C=O) groups is 3. The van der Waals surface area contributed by atoms with Crippen LogP contribution in [0, 0.1) is 5.92 Å². The van der Waals surface area contributed by atoms with Crippen LogP contribution in [0.25, 0.3) is 0 Å². The molecular formula is C14H24N2O4. The van der Waals surface area contributed by atoms with Crippen LogP contribution in [0.3, 0.4) is 0 Å². The normalized spacial score (nSPS) is 17.1. The molecule has 6 nitrogen and oxygen atoms in total. The number of ether oxygens (including phenoxy) is 1. The minimum absolute atomic E-state index is 0.0115. The van der Waals surface area contributed by atoms with Gasteiger partial charge in [0, 0.05) is 20.0 Å². The second-order valence-electron chi connectivity index (χ2n) is 5.42. The average Bonchev–Trinajstić information content (AvgIpc) is 2.44. The summed E-state index contributed by atoms with van der Waals surface area (Å²) in [6.45, 7) is 1.34. The predicted molar refractivity (Wildman–Crippen MR) is 73.8 cm³/mol. The summed E-state index contributed by atoms with van der Waals surface area (Å²) in [4.78, 5) is 36.3. The molecule has 0 bridgehead atoms. The van der Waals surface area contributed by atoms with Crippen molar-refractivity contribution in [1.82, 2.24) is 10.2 Å². The van der Waals surface area contributed by atoms with E-state index in [-0.39, 0.29) is 24.3 Å². The molecule has 0 unspecified atom stereocenters. The van der Waals surface area contributed by atoms with Gasteiger partial charge in [0.2, 0.25) is 5.91 Å². The molecule has 20 heavy (non-hydrogen) atoms. The van der Waals surface area contributed by atoms with Crippen molar-refractivity contribution in [3.05, 3.63) is 0 Å². The van der Waals surface area contributed by atoms with Crippen LogP contribution in [0.4, 0.5) is 0 Å². The zero-order valence-corrected chi connectivity index (χ0v) is 12.5. The monoisotopic (exact) mass is 284 g/mol. The highest BCUT2D eigenvalue weighted by molar-refractivity contribution is 5.86. The number of hydrogen-bond donors (Lipinski definition) is 1. The first-order valence-corrected chi connectivity index (χ1v) is 7.10. The highest BCUT2D eigenvalue weighted by Crippen LogP contribution is 2.23. The standard InChI is InChI=1S/C14H24N2O4/c1-10(14(19)16(2)3)20-12(17)9-15-13(18)11-7-5-4-6-8-11/h10-11H,4-9H2,1-3H3,(H,15,18)/t10-/m0/s1. The topological polar surface area (TPSA) is 75.7 Å². The third kappa shape index (κ3) is 5.19. The van der Waals surface area contributed by atoms with Crippen LogP contribution in [0.15, 0.2) is 0 Å². The maximum atomic E-state index is 11.8. The quantitative estimate of drug-likeness (QED) is 0.754. The van der Waals surface area contributed by atoms with Crippen molar-refractivity contribution in [3.8, 4) is 0 Å². The molecule has 1 rings (SSSR count). The number of nitrogens with zero attached hydrogens (tertiary/aromatic N) is 1. The molecule has 0 radical (unpaired) electrons. The Kier molecular flexibility index (Phi) is 6.48. The van der Waals surface area contributed by atoms with Gasteiger partial charge in [-0.15, -0.1) is 0 Å². The number of carbonyl (C=O) groups excluding carboxylic acids is 3. The minimum Gasteiger partial charge on any atom is -0.451 e. The fourth-order valence-electron chi connectivity index (χ4n) is 2.32. The third-order valence-electron chi connectivity index (χ3n) is 3.48. The van der Waals surface area contributed by atoms with E-state index >= 15 is 0 Å². The molecule has 0 heterocycles. The highest BCUT2D eigenvalue weighted by Gasteiger charge is 2.23. The van der Waals surface area contributed by atoms with Crippen LogP contribution in [-0.2, 0) is 19.1 Å². The molecule has 1 N–H and O–H groups in total. The SMILES string of the molecule is C[C@H](OC(=O)CNC(=O)C1CCCCC1)C(=O)N(C)C. The molecule has 1 fully saturated rings. The maximum absolute atomic E-state index is 11.8. The van der Waals surface area contributed by atoms with Crippen molar-refractivity contribution in [2.24, 2.45) is 5.92 Å². The summed E-state index contributed by atoms with van der Waals surface area (Å²) in [6.07, 6.45) is 4.25. The molecule has 0 spiro atoms. The summed E-state index contributed by atoms with van der Waals surface area (Å²) in [6, 6.07) is 0. The molecule has 2 amide bonds. The fraction of sp³-hybridized carbons (Fsp3) is 0.786. The van der Waals surface area contributed by atoms with E-state index < -0.39 is 12.1 Å². The fourth-order valence-corrected chi connectivity index (χ4v) is 2.32. The van der Waals surface area contributed by atoms with E-state index in [1.165, 1.54) is 18.2 Å². The molecule has 0 aromatic carbocycles. The Bertz CT molecular complexity index is 362. The Morgan fingerprint density at radius 2 is 1.80 bits per heavy atom. The van der Waals surface area contributed by atoms with E-state index in [4.69, 9.17) is 4.74 Å². The Morgan fingerprint density at radius 1 is 1.20 bits per heavy atom. The Balaban J connectivity index is 2.28. The summed E-state index contributed by atoms with van der Waals surface area (Å²) in [5.74, 6) is -0.945. The molecule has 1 aliphatic carbocycles. The summed E-state index contributed by atoms with van der Waals surface area (Å²) in [7, 11) is 3.19. The van der Waals surface area contributed by atoms with Crippen molar-refractivity contribution < 1.29 is 19.1 Å². The second-order valence-corrected chi connectivity index (χ2v) is 5.42. The summed E-state index contributed by atoms with van der Waals surface area (Å²) in [5.41, 5.74) is 0. The number of amides is 2. The van der Waals surface area contributed by atoms with E-state index in [1.807, 2.05) is 0 Å². The number of nitrogens with one attached hydrogen (secondary N) is 1. The number of hydrogen-bond acceptors (Lipinski definition) is 4. The number of esters is 1. The molecule has 1 atom stereocenters. The van der Waals surface area contributed by atoms with Gasteiger partial charge in [-0.25, -0.2) is 0 Å². The van der Waals surface area contributed by atoms with Gasteiger partial charge in [0.1, 0.15) is 6.54 Å². The third-order valence-corrected chi connectivity index (χ3v) is 3.48. The van der Waals surface area contributed by atoms with Gasteiger partial charge in [-0.3, -0.25) is 14.4 Å². The molecule has 114 valence electrons. The Morgan fingerprint density at radius 3 is 2.35 bits per heavy atom. The van der Waals surface area contributed by atoms with Gasteiger partial charge in [0.05, 0.1) is 0 Å². The highest BCUT2D eigenvalue weighted by atomic mass is 16.5. The molecule has 1 saturated carbocycles. The van der Waals surface area contributed by atoms with Crippen LogP contribution >= 0.6 is 0 Å². The van der Waals surface area contributed by atoms with Crippen molar-refractivity contribution in [2.45, 2.75) is 45.1 Å². The van der Waals surface area contributed by atoms with Gasteiger partial charge < -0.3 is 15.0 Å². The van der Waals surface area contributed by atoms with Gasteiger partial charge in [-0.05, 0) is 19.8 Å². The van der Waals surface area contributed by atoms with Crippen molar-refractivity contribution >= 4 is 17.8 Å². The first-order chi connectivity index (χ1) is 9.41. The summed E-state index contributed by atoms with van der Waals surface area (Å²) >= 11 is 0. The van der Waals surface area contributed by atoms with Crippen LogP contribution in [-0.4, -0.2) is 49.4 Å². The lowest BCUT2D eigenvalue weighted by molar-refractivity contribution is -0.157. The Hall–Kier alpha value is -1.59. The lowest BCUT2D eigenvalue weighted by atomic mass is 9.89. The first-order valence-electron chi connectivity index (χ1n) is 7.10. The smallest absolute Gasteiger partial charge is 0.326 e. The van der Waals surface area contributed by atoms with Crippen molar-refractivity contribution in [1.29, 1.82) is 0 Å². The van der Waals surface area contributed by atoms with Crippen molar-refractivity contribution in [3.63, 3.8) is 0 Å². The molecule has 0 aromatic rings. The van der Waals surface area contributed by atoms with E-state index in [2.05, 4.69) is 5.32 Å². The van der Waals surface area contributed by atoms with Crippen molar-refractivity contribution in [2.75, 3.05) is 20.6 Å². The van der Waals surface area contributed by atoms with Gasteiger partial charge >= 0.3 is 5.97 Å². The van der Waals surface area contributed by atoms with E-state index in [0.29, 0.717) is 0 Å². The zero-order chi connectivity index (χ0) is 15.1. The molecular weight excluding hydrogens is 260 g/mol. The van der Waals surface area contributed by atoms with Crippen LogP contribution in [0.2, 0.25) is 0 Å². The molecule has 6 heteroatoms. The molecule has 0 saturated heterocycles. The van der Waals surface area contributed by atoms with E-state index in [1.54, 1.807) is 14.1 Å². The lowest BCUT2D eigenvalue weighted by Gasteiger charge is -2.21. The van der Waals surface area contributed by atoms with Gasteiger partial charge in [0.15, 0.2) is 6.10 Å². The van der Waals surface area contributed by atoms with E-state index in [9.17, 15) is 14.4 Å². The Labute approximate surface area is 119 Å². The van der Waals surface area contributed by atoms with Crippen LogP contribution in [0.5, 0.6) is 0 Å². The largest absolute Gasteiger partial charge is 0.451 e. The number of rotatable bonds is 5. The summed E-state index contributed by atoms with van der Waals surface area (Å²) < 4.78 is 4.97. The zero-order valence-electron chi connectivity index (χ0n) is 12.5. The predicted octanol–water partition coefficient (Wildman–Crippen LogP) is 0.703. The minimum atomic E-state index is -0.830. The first kappa shape index (κ1) is 16.5. The van der Waals surface area contributed by atoms with Gasteiger partial charge in [0.25, 0.3) is 5.91 Å². The average molecular weight is 284 g/mol. The maximum Gasteiger partial charge on any atom is 0.326 e. The molecule has 0 aliphatic heterocycles. The van der Waals surface area contributed by atoms with Gasteiger partial charge in [-0.1, -0.05) is 19.3 Å². The van der Waals surface area contributed by atoms with Crippen LogP contribution < -0.4 is 5.32 Å². The van der Waals surface area contributed by atoms with Gasteiger partial charge in [-0.2, -0.15) is 0 Å².